The molecule has 1 aliphatic heterocycles. The summed E-state index contributed by atoms with van der Waals surface area (Å²) in [4.78, 5) is 20.5. The average Bonchev–Trinajstić information content (AvgIpc) is 2.50. The predicted octanol–water partition coefficient (Wildman–Crippen LogP) is 3.11. The fourth-order valence-corrected chi connectivity index (χ4v) is 2.74. The molecule has 0 radical (unpaired) electrons. The third kappa shape index (κ3) is 2.47. The van der Waals surface area contributed by atoms with Crippen LogP contribution in [0, 0.1) is 0 Å². The molecule has 1 aliphatic rings. The number of aromatic nitrogens is 1. The summed E-state index contributed by atoms with van der Waals surface area (Å²) in [6, 6.07) is 13.3. The van der Waals surface area contributed by atoms with Gasteiger partial charge in [0.05, 0.1) is 5.69 Å². The molecule has 1 unspecified atom stereocenters. The second kappa shape index (κ2) is 5.37. The molecule has 0 saturated heterocycles. The highest BCUT2D eigenvalue weighted by molar-refractivity contribution is 6.29. The van der Waals surface area contributed by atoms with E-state index in [-0.39, 0.29) is 11.9 Å². The number of rotatable bonds is 2. The van der Waals surface area contributed by atoms with Gasteiger partial charge in [-0.1, -0.05) is 41.9 Å². The van der Waals surface area contributed by atoms with Gasteiger partial charge >= 0.3 is 0 Å². The molecule has 0 spiro atoms. The molecule has 4 nitrogen and oxygen atoms in total. The van der Waals surface area contributed by atoms with Gasteiger partial charge in [0.25, 0.3) is 0 Å². The highest BCUT2D eigenvalue weighted by Gasteiger charge is 2.34. The van der Waals surface area contributed by atoms with Gasteiger partial charge in [-0.15, -0.1) is 0 Å². The van der Waals surface area contributed by atoms with E-state index in [0.29, 0.717) is 11.7 Å². The molecule has 108 valence electrons. The lowest BCUT2D eigenvalue weighted by atomic mass is 10.1. The van der Waals surface area contributed by atoms with Crippen LogP contribution in [0.3, 0.4) is 0 Å². The Morgan fingerprint density at radius 1 is 1.19 bits per heavy atom. The van der Waals surface area contributed by atoms with Crippen LogP contribution < -0.4 is 9.80 Å². The van der Waals surface area contributed by atoms with Crippen molar-refractivity contribution in [1.82, 2.24) is 4.98 Å². The lowest BCUT2D eigenvalue weighted by Crippen LogP contribution is -2.50. The van der Waals surface area contributed by atoms with E-state index < -0.39 is 0 Å². The first-order valence-electron chi connectivity index (χ1n) is 6.82. The number of hydrogen-bond donors (Lipinski definition) is 0. The van der Waals surface area contributed by atoms with Crippen molar-refractivity contribution < 1.29 is 4.79 Å². The molecule has 1 amide bonds. The zero-order valence-corrected chi connectivity index (χ0v) is 12.7. The van der Waals surface area contributed by atoms with Crippen molar-refractivity contribution in [2.24, 2.45) is 0 Å². The Morgan fingerprint density at radius 2 is 1.90 bits per heavy atom. The second-order valence-electron chi connectivity index (χ2n) is 5.16. The minimum absolute atomic E-state index is 0.0579. The lowest BCUT2D eigenvalue weighted by molar-refractivity contribution is -0.119. The summed E-state index contributed by atoms with van der Waals surface area (Å²) in [6.45, 7) is 2.52. The van der Waals surface area contributed by atoms with Crippen molar-refractivity contribution >= 4 is 29.0 Å². The average molecular weight is 302 g/mol. The van der Waals surface area contributed by atoms with Gasteiger partial charge in [0.1, 0.15) is 11.2 Å². The van der Waals surface area contributed by atoms with E-state index in [1.165, 1.54) is 0 Å². The van der Waals surface area contributed by atoms with Crippen molar-refractivity contribution in [2.75, 3.05) is 16.8 Å². The van der Waals surface area contributed by atoms with Crippen molar-refractivity contribution in [3.63, 3.8) is 0 Å². The van der Waals surface area contributed by atoms with E-state index in [9.17, 15) is 4.79 Å². The monoisotopic (exact) mass is 301 g/mol. The number of fused-ring (bicyclic) bond motifs is 1. The molecule has 1 atom stereocenters. The predicted molar refractivity (Wildman–Crippen MR) is 84.7 cm³/mol. The van der Waals surface area contributed by atoms with Gasteiger partial charge in [-0.3, -0.25) is 4.79 Å². The van der Waals surface area contributed by atoms with Crippen molar-refractivity contribution in [2.45, 2.75) is 19.5 Å². The fourth-order valence-electron chi connectivity index (χ4n) is 2.60. The molecule has 0 fully saturated rings. The molecule has 1 aromatic carbocycles. The molecule has 5 heteroatoms. The van der Waals surface area contributed by atoms with Crippen LogP contribution in [0.25, 0.3) is 0 Å². The van der Waals surface area contributed by atoms with Gasteiger partial charge in [0.15, 0.2) is 5.82 Å². The number of benzene rings is 1. The van der Waals surface area contributed by atoms with Crippen molar-refractivity contribution in [1.29, 1.82) is 0 Å². The highest BCUT2D eigenvalue weighted by Crippen LogP contribution is 2.35. The Labute approximate surface area is 129 Å². The summed E-state index contributed by atoms with van der Waals surface area (Å²) in [7, 11) is 1.77. The second-order valence-corrected chi connectivity index (χ2v) is 5.55. The summed E-state index contributed by atoms with van der Waals surface area (Å²) in [6.07, 6.45) is 0. The third-order valence-corrected chi connectivity index (χ3v) is 4.02. The standard InChI is InChI=1S/C16H16ClN3O/c1-11-16(21)19(2)13-8-9-14(17)18-15(13)20(11)10-12-6-4-3-5-7-12/h3-9,11H,10H2,1-2H3. The van der Waals surface area contributed by atoms with E-state index in [0.717, 1.165) is 17.1 Å². The van der Waals surface area contributed by atoms with Crippen LogP contribution in [-0.4, -0.2) is 24.0 Å². The van der Waals surface area contributed by atoms with Crippen molar-refractivity contribution in [3.8, 4) is 0 Å². The number of anilines is 2. The van der Waals surface area contributed by atoms with E-state index in [1.54, 1.807) is 18.0 Å². The van der Waals surface area contributed by atoms with Gasteiger partial charge in [-0.05, 0) is 24.6 Å². The quantitative estimate of drug-likeness (QED) is 0.800. The number of hydrogen-bond acceptors (Lipinski definition) is 3. The van der Waals surface area contributed by atoms with Crippen LogP contribution in [0.5, 0.6) is 0 Å². The van der Waals surface area contributed by atoms with Gasteiger partial charge in [0.2, 0.25) is 5.91 Å². The summed E-state index contributed by atoms with van der Waals surface area (Å²) < 4.78 is 0. The Hall–Kier alpha value is -2.07. The van der Waals surface area contributed by atoms with Gasteiger partial charge < -0.3 is 9.80 Å². The van der Waals surface area contributed by atoms with Crippen LogP contribution in [0.15, 0.2) is 42.5 Å². The van der Waals surface area contributed by atoms with Crippen LogP contribution in [0.4, 0.5) is 11.5 Å². The van der Waals surface area contributed by atoms with Crippen molar-refractivity contribution in [3.05, 3.63) is 53.2 Å². The fraction of sp³-hybridized carbons (Fsp3) is 0.250. The zero-order chi connectivity index (χ0) is 15.0. The van der Waals surface area contributed by atoms with E-state index in [4.69, 9.17) is 11.6 Å². The summed E-state index contributed by atoms with van der Waals surface area (Å²) in [5.41, 5.74) is 1.92. The van der Waals surface area contributed by atoms with Gasteiger partial charge in [0, 0.05) is 13.6 Å². The van der Waals surface area contributed by atoms with Gasteiger partial charge in [-0.25, -0.2) is 4.98 Å². The normalized spacial score (nSPS) is 17.9. The number of amides is 1. The molecule has 3 rings (SSSR count). The first kappa shape index (κ1) is 13.9. The lowest BCUT2D eigenvalue weighted by Gasteiger charge is -2.39. The summed E-state index contributed by atoms with van der Waals surface area (Å²) in [5.74, 6) is 0.809. The molecule has 2 aromatic rings. The van der Waals surface area contributed by atoms with Gasteiger partial charge in [-0.2, -0.15) is 0 Å². The number of pyridine rings is 1. The number of nitrogens with zero attached hydrogens (tertiary/aromatic N) is 3. The van der Waals surface area contributed by atoms with Crippen LogP contribution >= 0.6 is 11.6 Å². The molecule has 0 saturated carbocycles. The molecule has 0 aliphatic carbocycles. The smallest absolute Gasteiger partial charge is 0.249 e. The Bertz CT molecular complexity index is 674. The highest BCUT2D eigenvalue weighted by atomic mass is 35.5. The number of halogens is 1. The Kier molecular flexibility index (Phi) is 3.55. The molecule has 1 aromatic heterocycles. The maximum atomic E-state index is 12.4. The number of likely N-dealkylation sites (N-methyl/N-ethyl adjacent to an activating group) is 1. The number of carbonyl (C=O) groups excluding carboxylic acids is 1. The van der Waals surface area contributed by atoms with Crippen LogP contribution in [0.1, 0.15) is 12.5 Å². The maximum absolute atomic E-state index is 12.4. The third-order valence-electron chi connectivity index (χ3n) is 3.81. The molecule has 2 heterocycles. The first-order chi connectivity index (χ1) is 10.1. The molecular weight excluding hydrogens is 286 g/mol. The topological polar surface area (TPSA) is 36.4 Å². The Morgan fingerprint density at radius 3 is 2.62 bits per heavy atom. The SMILES string of the molecule is CC1C(=O)N(C)c2ccc(Cl)nc2N1Cc1ccccc1. The number of carbonyl (C=O) groups is 1. The first-order valence-corrected chi connectivity index (χ1v) is 7.20. The molecule has 0 bridgehead atoms. The van der Waals surface area contributed by atoms with E-state index >= 15 is 0 Å². The van der Waals surface area contributed by atoms with E-state index in [1.807, 2.05) is 48.2 Å². The zero-order valence-electron chi connectivity index (χ0n) is 12.0. The molecule has 21 heavy (non-hydrogen) atoms. The Balaban J connectivity index is 2.05. The van der Waals surface area contributed by atoms with E-state index in [2.05, 4.69) is 4.98 Å². The summed E-state index contributed by atoms with van der Waals surface area (Å²) in [5, 5.41) is 0.432. The molecule has 0 N–H and O–H groups in total. The minimum atomic E-state index is -0.270. The summed E-state index contributed by atoms with van der Waals surface area (Å²) >= 11 is 6.04. The molecular formula is C16H16ClN3O. The maximum Gasteiger partial charge on any atom is 0.249 e. The largest absolute Gasteiger partial charge is 0.339 e. The minimum Gasteiger partial charge on any atom is -0.339 e. The van der Waals surface area contributed by atoms with Crippen LogP contribution in [-0.2, 0) is 11.3 Å². The van der Waals surface area contributed by atoms with Crippen LogP contribution in [0.2, 0.25) is 5.15 Å².